The molecule has 1 aromatic carbocycles. The fourth-order valence-corrected chi connectivity index (χ4v) is 3.55. The molecule has 1 saturated heterocycles. The first-order valence-corrected chi connectivity index (χ1v) is 7.54. The third-order valence-corrected chi connectivity index (χ3v) is 4.75. The largest absolute Gasteiger partial charge is 0.480 e. The van der Waals surface area contributed by atoms with Crippen molar-refractivity contribution in [3.05, 3.63) is 29.3 Å². The number of nitrogens with zero attached hydrogens (tertiary/aromatic N) is 1. The maximum atomic E-state index is 12.5. The number of carbonyl (C=O) groups is 1. The first kappa shape index (κ1) is 14.3. The van der Waals surface area contributed by atoms with Gasteiger partial charge in [-0.3, -0.25) is 9.32 Å². The van der Waals surface area contributed by atoms with Crippen molar-refractivity contribution in [2.24, 2.45) is 0 Å². The van der Waals surface area contributed by atoms with Crippen LogP contribution in [0.5, 0.6) is 5.75 Å². The Morgan fingerprint density at radius 1 is 1.47 bits per heavy atom. The quantitative estimate of drug-likeness (QED) is 0.862. The summed E-state index contributed by atoms with van der Waals surface area (Å²) >= 11 is 5.74. The molecule has 2 rings (SSSR count). The average molecular weight is 306 g/mol. The Hall–Kier alpha value is -1.07. The first-order valence-electron chi connectivity index (χ1n) is 5.66. The normalized spacial score (nSPS) is 24.1. The van der Waals surface area contributed by atoms with Crippen LogP contribution in [0.15, 0.2) is 24.3 Å². The summed E-state index contributed by atoms with van der Waals surface area (Å²) in [7, 11) is -3.61. The number of carboxylic acids is 1. The summed E-state index contributed by atoms with van der Waals surface area (Å²) in [4.78, 5) is 10.8. The smallest absolute Gasteiger partial charge is 0.461 e. The van der Waals surface area contributed by atoms with Gasteiger partial charge >= 0.3 is 13.7 Å². The zero-order valence-corrected chi connectivity index (χ0v) is 11.6. The zero-order chi connectivity index (χ0) is 13.9. The Bertz CT molecular complexity index is 506. The number of hydrogen-bond acceptors (Lipinski definition) is 4. The summed E-state index contributed by atoms with van der Waals surface area (Å²) in [5.74, 6) is -0.754. The molecular weight excluding hydrogens is 293 g/mol. The standard InChI is InChI=1S/C11H13ClNO5P/c12-9-2-4-10(5-3-9)18-19(16)13(8-11(14)15)6-1-7-17-19/h2-5H,1,6-8H2,(H,14,15). The molecule has 0 amide bonds. The monoisotopic (exact) mass is 305 g/mol. The van der Waals surface area contributed by atoms with Gasteiger partial charge in [0.05, 0.1) is 6.61 Å². The molecule has 104 valence electrons. The predicted octanol–water partition coefficient (Wildman–Crippen LogP) is 2.63. The number of carboxylic acid groups (broad SMARTS) is 1. The van der Waals surface area contributed by atoms with Crippen LogP contribution in [-0.4, -0.2) is 35.4 Å². The van der Waals surface area contributed by atoms with E-state index in [-0.39, 0.29) is 13.2 Å². The van der Waals surface area contributed by atoms with Gasteiger partial charge in [0.25, 0.3) is 0 Å². The van der Waals surface area contributed by atoms with Crippen LogP contribution in [0.25, 0.3) is 0 Å². The summed E-state index contributed by atoms with van der Waals surface area (Å²) in [5.41, 5.74) is 0. The number of aliphatic carboxylic acids is 1. The van der Waals surface area contributed by atoms with Crippen LogP contribution in [0.3, 0.4) is 0 Å². The lowest BCUT2D eigenvalue weighted by molar-refractivity contribution is -0.137. The van der Waals surface area contributed by atoms with E-state index < -0.39 is 13.7 Å². The van der Waals surface area contributed by atoms with Crippen LogP contribution in [0, 0.1) is 0 Å². The Morgan fingerprint density at radius 2 is 2.16 bits per heavy atom. The van der Waals surface area contributed by atoms with Crippen molar-refractivity contribution in [1.82, 2.24) is 4.67 Å². The van der Waals surface area contributed by atoms with Crippen LogP contribution in [-0.2, 0) is 13.9 Å². The van der Waals surface area contributed by atoms with Gasteiger partial charge in [-0.15, -0.1) is 0 Å². The van der Waals surface area contributed by atoms with Gasteiger partial charge in [-0.25, -0.2) is 4.57 Å². The van der Waals surface area contributed by atoms with E-state index in [1.165, 1.54) is 4.67 Å². The second kappa shape index (κ2) is 5.92. The van der Waals surface area contributed by atoms with Crippen molar-refractivity contribution in [2.45, 2.75) is 6.42 Å². The molecule has 6 nitrogen and oxygen atoms in total. The molecule has 1 aliphatic heterocycles. The molecule has 1 N–H and O–H groups in total. The lowest BCUT2D eigenvalue weighted by Gasteiger charge is -2.32. The molecule has 0 radical (unpaired) electrons. The number of rotatable bonds is 4. The van der Waals surface area contributed by atoms with E-state index >= 15 is 0 Å². The van der Waals surface area contributed by atoms with Crippen LogP contribution in [0.2, 0.25) is 5.02 Å². The number of hydrogen-bond donors (Lipinski definition) is 1. The van der Waals surface area contributed by atoms with Crippen molar-refractivity contribution in [1.29, 1.82) is 0 Å². The summed E-state index contributed by atoms with van der Waals surface area (Å²) < 4.78 is 24.3. The van der Waals surface area contributed by atoms with E-state index in [1.54, 1.807) is 24.3 Å². The highest BCUT2D eigenvalue weighted by Crippen LogP contribution is 2.53. The van der Waals surface area contributed by atoms with Gasteiger partial charge in [-0.2, -0.15) is 4.67 Å². The molecule has 1 unspecified atom stereocenters. The minimum absolute atomic E-state index is 0.279. The minimum Gasteiger partial charge on any atom is -0.480 e. The molecule has 0 aliphatic carbocycles. The molecule has 0 saturated carbocycles. The Labute approximate surface area is 115 Å². The molecule has 1 atom stereocenters. The van der Waals surface area contributed by atoms with Gasteiger partial charge in [-0.1, -0.05) is 11.6 Å². The molecular formula is C11H13ClNO5P. The highest BCUT2D eigenvalue weighted by molar-refractivity contribution is 7.51. The lowest BCUT2D eigenvalue weighted by Crippen LogP contribution is -2.34. The molecule has 0 spiro atoms. The molecule has 1 fully saturated rings. The molecule has 0 bridgehead atoms. The zero-order valence-electron chi connectivity index (χ0n) is 9.99. The summed E-state index contributed by atoms with van der Waals surface area (Å²) in [6, 6.07) is 6.29. The SMILES string of the molecule is O=C(O)CN1CCCOP1(=O)Oc1ccc(Cl)cc1. The highest BCUT2D eigenvalue weighted by atomic mass is 35.5. The second-order valence-corrected chi connectivity index (χ2v) is 6.36. The van der Waals surface area contributed by atoms with Crippen LogP contribution in [0.4, 0.5) is 0 Å². The number of halogens is 1. The maximum Gasteiger partial charge on any atom is 0.461 e. The predicted molar refractivity (Wildman–Crippen MR) is 69.5 cm³/mol. The van der Waals surface area contributed by atoms with E-state index in [2.05, 4.69) is 0 Å². The molecule has 1 aliphatic rings. The van der Waals surface area contributed by atoms with Gasteiger partial charge < -0.3 is 9.63 Å². The Balaban J connectivity index is 2.15. The minimum atomic E-state index is -3.61. The molecule has 19 heavy (non-hydrogen) atoms. The topological polar surface area (TPSA) is 76.1 Å². The lowest BCUT2D eigenvalue weighted by atomic mass is 10.3. The summed E-state index contributed by atoms with van der Waals surface area (Å²) in [5, 5.41) is 9.33. The van der Waals surface area contributed by atoms with Crippen molar-refractivity contribution in [2.75, 3.05) is 19.7 Å². The van der Waals surface area contributed by atoms with Gasteiger partial charge in [0.2, 0.25) is 0 Å². The van der Waals surface area contributed by atoms with Crippen LogP contribution >= 0.6 is 19.3 Å². The Kier molecular flexibility index (Phi) is 4.47. The van der Waals surface area contributed by atoms with Crippen molar-refractivity contribution in [3.8, 4) is 5.75 Å². The first-order chi connectivity index (χ1) is 8.99. The van der Waals surface area contributed by atoms with E-state index in [0.29, 0.717) is 23.7 Å². The van der Waals surface area contributed by atoms with Gasteiger partial charge in [0.15, 0.2) is 0 Å². The van der Waals surface area contributed by atoms with Crippen molar-refractivity contribution in [3.63, 3.8) is 0 Å². The van der Waals surface area contributed by atoms with E-state index in [1.807, 2.05) is 0 Å². The van der Waals surface area contributed by atoms with Crippen molar-refractivity contribution < 1.29 is 23.5 Å². The van der Waals surface area contributed by atoms with E-state index in [9.17, 15) is 9.36 Å². The second-order valence-electron chi connectivity index (χ2n) is 3.98. The summed E-state index contributed by atoms with van der Waals surface area (Å²) in [6.45, 7) is 0.253. The summed E-state index contributed by atoms with van der Waals surface area (Å²) in [6.07, 6.45) is 0.612. The number of benzene rings is 1. The van der Waals surface area contributed by atoms with Gasteiger partial charge in [0, 0.05) is 11.6 Å². The molecule has 0 aromatic heterocycles. The van der Waals surface area contributed by atoms with Gasteiger partial charge in [0.1, 0.15) is 12.3 Å². The highest BCUT2D eigenvalue weighted by Gasteiger charge is 2.39. The van der Waals surface area contributed by atoms with Crippen molar-refractivity contribution >= 4 is 25.3 Å². The van der Waals surface area contributed by atoms with E-state index in [0.717, 1.165) is 0 Å². The third-order valence-electron chi connectivity index (χ3n) is 2.51. The average Bonchev–Trinajstić information content (AvgIpc) is 2.35. The van der Waals surface area contributed by atoms with Crippen LogP contribution < -0.4 is 4.52 Å². The van der Waals surface area contributed by atoms with Crippen LogP contribution in [0.1, 0.15) is 6.42 Å². The maximum absolute atomic E-state index is 12.5. The fraction of sp³-hybridized carbons (Fsp3) is 0.364. The third kappa shape index (κ3) is 3.70. The Morgan fingerprint density at radius 3 is 2.79 bits per heavy atom. The molecule has 1 aromatic rings. The van der Waals surface area contributed by atoms with E-state index in [4.69, 9.17) is 25.8 Å². The molecule has 1 heterocycles. The molecule has 8 heteroatoms. The fourth-order valence-electron chi connectivity index (χ4n) is 1.67. The van der Waals surface area contributed by atoms with Gasteiger partial charge in [-0.05, 0) is 30.7 Å².